The molecular formula is C23H28FN3O2S. The number of thioether (sulfide) groups is 1. The number of rotatable bonds is 6. The first-order chi connectivity index (χ1) is 14.5. The van der Waals surface area contributed by atoms with Gasteiger partial charge in [0.1, 0.15) is 17.7 Å². The number of halogens is 1. The Kier molecular flexibility index (Phi) is 6.29. The quantitative estimate of drug-likeness (QED) is 0.511. The van der Waals surface area contributed by atoms with Crippen molar-refractivity contribution in [3.05, 3.63) is 54.0 Å². The molecule has 30 heavy (non-hydrogen) atoms. The van der Waals surface area contributed by atoms with E-state index in [2.05, 4.69) is 22.0 Å². The Morgan fingerprint density at radius 2 is 2.03 bits per heavy atom. The topological polar surface area (TPSA) is 45.7 Å². The number of piperidine rings is 1. The standard InChI is InChI=1S/C23H28FN3O2S/c1-26(15-17-5-3-4-6-20(17)24)16-18-13-23(22(28)29-18)9-11-27(12-10-23)21-8-7-19(30-2)14-25-21/h3-8,14,18H,9-13,15-16H2,1-2H3. The highest BCUT2D eigenvalue weighted by molar-refractivity contribution is 7.98. The van der Waals surface area contributed by atoms with Gasteiger partial charge in [-0.2, -0.15) is 0 Å². The minimum absolute atomic E-state index is 0.0721. The molecule has 0 bridgehead atoms. The summed E-state index contributed by atoms with van der Waals surface area (Å²) >= 11 is 1.68. The molecule has 4 rings (SSSR count). The van der Waals surface area contributed by atoms with Gasteiger partial charge in [-0.25, -0.2) is 9.37 Å². The van der Waals surface area contributed by atoms with Crippen LogP contribution >= 0.6 is 11.8 Å². The third kappa shape index (κ3) is 4.47. The van der Waals surface area contributed by atoms with Crippen molar-refractivity contribution >= 4 is 23.5 Å². The van der Waals surface area contributed by atoms with Gasteiger partial charge in [0.05, 0.1) is 5.41 Å². The highest BCUT2D eigenvalue weighted by Crippen LogP contribution is 2.43. The van der Waals surface area contributed by atoms with Crippen LogP contribution in [0.1, 0.15) is 24.8 Å². The number of cyclic esters (lactones) is 1. The number of aromatic nitrogens is 1. The third-order valence-electron chi connectivity index (χ3n) is 6.24. The van der Waals surface area contributed by atoms with Gasteiger partial charge in [0.15, 0.2) is 0 Å². The van der Waals surface area contributed by atoms with Crippen LogP contribution < -0.4 is 4.90 Å². The van der Waals surface area contributed by atoms with E-state index < -0.39 is 0 Å². The van der Waals surface area contributed by atoms with Gasteiger partial charge in [-0.05, 0) is 44.3 Å². The molecule has 1 aromatic heterocycles. The highest BCUT2D eigenvalue weighted by atomic mass is 32.2. The molecule has 0 radical (unpaired) electrons. The van der Waals surface area contributed by atoms with Crippen LogP contribution in [0.4, 0.5) is 10.2 Å². The van der Waals surface area contributed by atoms with Gasteiger partial charge in [-0.1, -0.05) is 18.2 Å². The van der Waals surface area contributed by atoms with Gasteiger partial charge < -0.3 is 9.64 Å². The number of ether oxygens (including phenoxy) is 1. The van der Waals surface area contributed by atoms with E-state index >= 15 is 0 Å². The summed E-state index contributed by atoms with van der Waals surface area (Å²) in [4.78, 5) is 22.7. The lowest BCUT2D eigenvalue weighted by molar-refractivity contribution is -0.150. The largest absolute Gasteiger partial charge is 0.461 e. The van der Waals surface area contributed by atoms with Gasteiger partial charge in [0.25, 0.3) is 0 Å². The molecule has 0 N–H and O–H groups in total. The summed E-state index contributed by atoms with van der Waals surface area (Å²) in [6.45, 7) is 2.72. The number of carbonyl (C=O) groups excluding carboxylic acids is 1. The average molecular weight is 430 g/mol. The lowest BCUT2D eigenvalue weighted by atomic mass is 9.76. The van der Waals surface area contributed by atoms with Crippen molar-refractivity contribution in [3.8, 4) is 0 Å². The second kappa shape index (κ2) is 8.94. The second-order valence-electron chi connectivity index (χ2n) is 8.34. The Hall–Kier alpha value is -2.12. The molecule has 2 aromatic rings. The maximum absolute atomic E-state index is 13.9. The van der Waals surface area contributed by atoms with Crippen LogP contribution in [-0.2, 0) is 16.1 Å². The molecule has 0 aliphatic carbocycles. The van der Waals surface area contributed by atoms with E-state index in [4.69, 9.17) is 4.74 Å². The molecule has 160 valence electrons. The molecule has 0 saturated carbocycles. The minimum Gasteiger partial charge on any atom is -0.461 e. The van der Waals surface area contributed by atoms with E-state index in [1.807, 2.05) is 30.5 Å². The summed E-state index contributed by atoms with van der Waals surface area (Å²) in [7, 11) is 1.94. The van der Waals surface area contributed by atoms with Gasteiger partial charge in [-0.3, -0.25) is 9.69 Å². The molecule has 1 atom stereocenters. The number of pyridine rings is 1. The fourth-order valence-electron chi connectivity index (χ4n) is 4.52. The molecule has 5 nitrogen and oxygen atoms in total. The zero-order valence-electron chi connectivity index (χ0n) is 17.5. The maximum atomic E-state index is 13.9. The number of nitrogens with zero attached hydrogens (tertiary/aromatic N) is 3. The third-order valence-corrected chi connectivity index (χ3v) is 6.95. The van der Waals surface area contributed by atoms with Gasteiger partial charge in [0, 0.05) is 49.3 Å². The molecule has 3 heterocycles. The van der Waals surface area contributed by atoms with Crippen LogP contribution in [-0.4, -0.2) is 54.9 Å². The molecule has 0 amide bonds. The van der Waals surface area contributed by atoms with Gasteiger partial charge >= 0.3 is 5.97 Å². The number of anilines is 1. The zero-order chi connectivity index (χ0) is 21.1. The Bertz CT molecular complexity index is 884. The van der Waals surface area contributed by atoms with Crippen LogP contribution in [0.5, 0.6) is 0 Å². The van der Waals surface area contributed by atoms with Crippen molar-refractivity contribution in [1.82, 2.24) is 9.88 Å². The first kappa shape index (κ1) is 21.1. The Morgan fingerprint density at radius 3 is 2.70 bits per heavy atom. The minimum atomic E-state index is -0.390. The molecular weight excluding hydrogens is 401 g/mol. The predicted octanol–water partition coefficient (Wildman–Crippen LogP) is 3.98. The van der Waals surface area contributed by atoms with E-state index in [9.17, 15) is 9.18 Å². The zero-order valence-corrected chi connectivity index (χ0v) is 18.3. The van der Waals surface area contributed by atoms with Crippen LogP contribution in [0, 0.1) is 11.2 Å². The molecule has 2 aliphatic heterocycles. The first-order valence-electron chi connectivity index (χ1n) is 10.4. The Balaban J connectivity index is 1.32. The maximum Gasteiger partial charge on any atom is 0.312 e. The van der Waals surface area contributed by atoms with Crippen LogP contribution in [0.2, 0.25) is 0 Å². The average Bonchev–Trinajstić information content (AvgIpc) is 3.04. The lowest BCUT2D eigenvalue weighted by Crippen LogP contribution is -2.43. The van der Waals surface area contributed by atoms with Crippen molar-refractivity contribution in [2.45, 2.75) is 36.8 Å². The summed E-state index contributed by atoms with van der Waals surface area (Å²) < 4.78 is 19.7. The summed E-state index contributed by atoms with van der Waals surface area (Å²) in [5.41, 5.74) is 0.270. The number of likely N-dealkylation sites (N-methyl/N-ethyl adjacent to an activating group) is 1. The van der Waals surface area contributed by atoms with E-state index in [0.717, 1.165) is 43.1 Å². The number of benzene rings is 1. The summed E-state index contributed by atoms with van der Waals surface area (Å²) in [5.74, 6) is 0.697. The Morgan fingerprint density at radius 1 is 1.27 bits per heavy atom. The summed E-state index contributed by atoms with van der Waals surface area (Å²) in [6, 6.07) is 10.9. The summed E-state index contributed by atoms with van der Waals surface area (Å²) in [5, 5.41) is 0. The van der Waals surface area contributed by atoms with Crippen molar-refractivity contribution in [3.63, 3.8) is 0 Å². The SMILES string of the molecule is CSc1ccc(N2CCC3(CC2)CC(CN(C)Cc2ccccc2F)OC3=O)nc1. The fraction of sp³-hybridized carbons (Fsp3) is 0.478. The molecule has 1 aromatic carbocycles. The first-order valence-corrected chi connectivity index (χ1v) is 11.6. The van der Waals surface area contributed by atoms with E-state index in [1.54, 1.807) is 23.9 Å². The van der Waals surface area contributed by atoms with E-state index in [0.29, 0.717) is 18.7 Å². The molecule has 1 spiro atoms. The highest BCUT2D eigenvalue weighted by Gasteiger charge is 2.50. The van der Waals surface area contributed by atoms with Crippen LogP contribution in [0.3, 0.4) is 0 Å². The predicted molar refractivity (Wildman–Crippen MR) is 117 cm³/mol. The van der Waals surface area contributed by atoms with Crippen molar-refractivity contribution in [1.29, 1.82) is 0 Å². The van der Waals surface area contributed by atoms with Crippen LogP contribution in [0.15, 0.2) is 47.5 Å². The van der Waals surface area contributed by atoms with E-state index in [-0.39, 0.29) is 23.3 Å². The molecule has 1 unspecified atom stereocenters. The van der Waals surface area contributed by atoms with Crippen molar-refractivity contribution in [2.24, 2.45) is 5.41 Å². The smallest absolute Gasteiger partial charge is 0.312 e. The van der Waals surface area contributed by atoms with E-state index in [1.165, 1.54) is 6.07 Å². The monoisotopic (exact) mass is 429 g/mol. The number of hydrogen-bond donors (Lipinski definition) is 0. The van der Waals surface area contributed by atoms with Crippen molar-refractivity contribution in [2.75, 3.05) is 37.8 Å². The number of carbonyl (C=O) groups is 1. The second-order valence-corrected chi connectivity index (χ2v) is 9.22. The normalized spacial score (nSPS) is 20.7. The van der Waals surface area contributed by atoms with Gasteiger partial charge in [0.2, 0.25) is 0 Å². The molecule has 2 fully saturated rings. The summed E-state index contributed by atoms with van der Waals surface area (Å²) in [6.07, 6.45) is 6.10. The molecule has 2 saturated heterocycles. The fourth-order valence-corrected chi connectivity index (χ4v) is 4.88. The van der Waals surface area contributed by atoms with Crippen LogP contribution in [0.25, 0.3) is 0 Å². The van der Waals surface area contributed by atoms with Crippen molar-refractivity contribution < 1.29 is 13.9 Å². The van der Waals surface area contributed by atoms with Gasteiger partial charge in [-0.15, -0.1) is 11.8 Å². The number of hydrogen-bond acceptors (Lipinski definition) is 6. The molecule has 7 heteroatoms. The Labute approximate surface area is 181 Å². The molecule has 2 aliphatic rings. The number of esters is 1. The lowest BCUT2D eigenvalue weighted by Gasteiger charge is -2.37.